The van der Waals surface area contributed by atoms with Crippen LogP contribution in [-0.4, -0.2) is 23.8 Å². The summed E-state index contributed by atoms with van der Waals surface area (Å²) < 4.78 is 37.6. The minimum atomic E-state index is -3.19. The molecule has 0 saturated carbocycles. The fraction of sp³-hybridized carbons (Fsp3) is 0.333. The third-order valence-corrected chi connectivity index (χ3v) is 0.564. The van der Waals surface area contributed by atoms with E-state index in [-0.39, 0.29) is 0 Å². The summed E-state index contributed by atoms with van der Waals surface area (Å²) in [5.74, 6) is -1.41. The van der Waals surface area contributed by atoms with Gasteiger partial charge in [0.2, 0.25) is 0 Å². The highest BCUT2D eigenvalue weighted by Crippen LogP contribution is 2.09. The van der Waals surface area contributed by atoms with Gasteiger partial charge in [-0.05, 0) is 0 Å². The van der Waals surface area contributed by atoms with Crippen LogP contribution in [0.25, 0.3) is 0 Å². The third-order valence-electron chi connectivity index (χ3n) is 0.564. The quantitative estimate of drug-likeness (QED) is 0.448. The molecule has 2 N–H and O–H groups in total. The van der Waals surface area contributed by atoms with Crippen molar-refractivity contribution in [1.82, 2.24) is 0 Å². The van der Waals surface area contributed by atoms with E-state index in [0.29, 0.717) is 0 Å². The minimum Gasteiger partial charge on any atom is -0.509 e. The Hall–Kier alpha value is -0.685. The first kappa shape index (κ1) is 9.31. The lowest BCUT2D eigenvalue weighted by atomic mass is 10.2. The molecule has 0 heterocycles. The molecule has 0 spiro atoms. The summed E-state index contributed by atoms with van der Waals surface area (Å²) in [6.07, 6.45) is -3.73. The van der Waals surface area contributed by atoms with Gasteiger partial charge in [-0.15, -0.1) is 0 Å². The van der Waals surface area contributed by atoms with E-state index in [9.17, 15) is 13.2 Å². The van der Waals surface area contributed by atoms with Gasteiger partial charge in [0.1, 0.15) is 6.33 Å². The normalized spacial score (nSPS) is 12.0. The summed E-state index contributed by atoms with van der Waals surface area (Å²) in [6, 6.07) is 0. The number of hydrogen-bond donors (Lipinski definition) is 2. The number of alkyl halides is 2. The number of halogens is 3. The summed E-state index contributed by atoms with van der Waals surface area (Å²) in [5.41, 5.74) is 0. The fourth-order valence-electron chi connectivity index (χ4n) is 0.246. The van der Waals surface area contributed by atoms with E-state index >= 15 is 0 Å². The molecule has 0 atom stereocenters. The molecule has 0 amide bonds. The van der Waals surface area contributed by atoms with Crippen molar-refractivity contribution < 1.29 is 27.9 Å². The second-order valence-electron chi connectivity index (χ2n) is 1.26. The molecule has 0 aliphatic rings. The summed E-state index contributed by atoms with van der Waals surface area (Å²) >= 11 is 0. The molecular formula is C3H4BF3O3. The van der Waals surface area contributed by atoms with Gasteiger partial charge >= 0.3 is 7.32 Å². The van der Waals surface area contributed by atoms with E-state index in [1.54, 1.807) is 0 Å². The highest BCUT2D eigenvalue weighted by atomic mass is 19.3. The molecule has 0 saturated heterocycles. The molecule has 0 aromatic rings. The van der Waals surface area contributed by atoms with Crippen LogP contribution in [-0.2, 0) is 4.65 Å². The summed E-state index contributed by atoms with van der Waals surface area (Å²) in [4.78, 5) is 0. The molecule has 0 rings (SSSR count). The maximum absolute atomic E-state index is 11.4. The first-order valence-corrected chi connectivity index (χ1v) is 2.19. The molecule has 10 heavy (non-hydrogen) atoms. The smallest absolute Gasteiger partial charge is 0.509 e. The summed E-state index contributed by atoms with van der Waals surface area (Å²) in [6.45, 7) is 0. The van der Waals surface area contributed by atoms with Crippen LogP contribution >= 0.6 is 0 Å². The van der Waals surface area contributed by atoms with E-state index in [0.717, 1.165) is 0 Å². The zero-order chi connectivity index (χ0) is 8.15. The first-order chi connectivity index (χ1) is 4.57. The lowest BCUT2D eigenvalue weighted by molar-refractivity contribution is 0.108. The molecule has 58 valence electrons. The average molecular weight is 156 g/mol. The van der Waals surface area contributed by atoms with Gasteiger partial charge in [-0.1, -0.05) is 0 Å². The van der Waals surface area contributed by atoms with Gasteiger partial charge in [0.25, 0.3) is 6.43 Å². The second kappa shape index (κ2) is 4.18. The van der Waals surface area contributed by atoms with Crippen LogP contribution in [0.15, 0.2) is 12.1 Å². The monoisotopic (exact) mass is 156 g/mol. The largest absolute Gasteiger partial charge is 0.707 e. The van der Waals surface area contributed by atoms with Crippen LogP contribution in [0.5, 0.6) is 0 Å². The van der Waals surface area contributed by atoms with Gasteiger partial charge in [0.05, 0.1) is 0 Å². The van der Waals surface area contributed by atoms with Crippen molar-refractivity contribution in [1.29, 1.82) is 0 Å². The highest BCUT2D eigenvalue weighted by Gasteiger charge is 2.20. The van der Waals surface area contributed by atoms with Crippen molar-refractivity contribution >= 4 is 7.32 Å². The van der Waals surface area contributed by atoms with Gasteiger partial charge in [-0.25, -0.2) is 13.2 Å². The zero-order valence-electron chi connectivity index (χ0n) is 4.67. The SMILES string of the molecule is OB(O)OC(=CF)C(F)F. The molecule has 0 radical (unpaired) electrons. The molecule has 0 fully saturated rings. The maximum Gasteiger partial charge on any atom is 0.707 e. The topological polar surface area (TPSA) is 49.7 Å². The average Bonchev–Trinajstić information content (AvgIpc) is 1.81. The van der Waals surface area contributed by atoms with E-state index in [4.69, 9.17) is 10.0 Å². The zero-order valence-corrected chi connectivity index (χ0v) is 4.67. The van der Waals surface area contributed by atoms with Crippen LogP contribution in [0, 0.1) is 0 Å². The molecule has 0 aliphatic carbocycles. The van der Waals surface area contributed by atoms with Crippen molar-refractivity contribution in [3.63, 3.8) is 0 Å². The molecule has 0 aliphatic heterocycles. The van der Waals surface area contributed by atoms with E-state index < -0.39 is 25.8 Å². The predicted octanol–water partition coefficient (Wildman–Crippen LogP) is 0.0485. The Bertz CT molecular complexity index is 126. The van der Waals surface area contributed by atoms with Crippen molar-refractivity contribution in [2.45, 2.75) is 6.43 Å². The lowest BCUT2D eigenvalue weighted by Crippen LogP contribution is -2.19. The minimum absolute atomic E-state index is 0.538. The standard InChI is InChI=1S/C3H4BF3O3/c5-1-2(3(6)7)10-4(8)9/h1,3,8-9H. The Balaban J connectivity index is 3.86. The second-order valence-corrected chi connectivity index (χ2v) is 1.26. The number of allylic oxidation sites excluding steroid dienone is 1. The Morgan fingerprint density at radius 3 is 2.10 bits per heavy atom. The molecular weight excluding hydrogens is 152 g/mol. The number of hydrogen-bond acceptors (Lipinski definition) is 3. The van der Waals surface area contributed by atoms with Crippen molar-refractivity contribution in [2.75, 3.05) is 0 Å². The van der Waals surface area contributed by atoms with Crippen LogP contribution in [0.4, 0.5) is 13.2 Å². The van der Waals surface area contributed by atoms with Gasteiger partial charge in [-0.2, -0.15) is 0 Å². The predicted molar refractivity (Wildman–Crippen MR) is 26.5 cm³/mol. The van der Waals surface area contributed by atoms with E-state index in [1.807, 2.05) is 0 Å². The van der Waals surface area contributed by atoms with Crippen molar-refractivity contribution in [3.8, 4) is 0 Å². The van der Waals surface area contributed by atoms with Crippen LogP contribution in [0.3, 0.4) is 0 Å². The fourth-order valence-corrected chi connectivity index (χ4v) is 0.246. The summed E-state index contributed by atoms with van der Waals surface area (Å²) in [5, 5.41) is 15.8. The van der Waals surface area contributed by atoms with Crippen molar-refractivity contribution in [3.05, 3.63) is 12.1 Å². The highest BCUT2D eigenvalue weighted by molar-refractivity contribution is 6.33. The Morgan fingerprint density at radius 1 is 1.50 bits per heavy atom. The maximum atomic E-state index is 11.4. The van der Waals surface area contributed by atoms with Gasteiger partial charge in [-0.3, -0.25) is 0 Å². The van der Waals surface area contributed by atoms with Crippen LogP contribution in [0.1, 0.15) is 0 Å². The van der Waals surface area contributed by atoms with E-state index in [1.165, 1.54) is 0 Å². The van der Waals surface area contributed by atoms with Gasteiger partial charge < -0.3 is 14.7 Å². The molecule has 7 heteroatoms. The summed E-state index contributed by atoms with van der Waals surface area (Å²) in [7, 11) is -2.42. The molecule has 0 unspecified atom stereocenters. The van der Waals surface area contributed by atoms with Crippen LogP contribution < -0.4 is 0 Å². The third kappa shape index (κ3) is 3.36. The van der Waals surface area contributed by atoms with E-state index in [2.05, 4.69) is 4.65 Å². The first-order valence-electron chi connectivity index (χ1n) is 2.19. The van der Waals surface area contributed by atoms with Gasteiger partial charge in [0.15, 0.2) is 5.76 Å². The van der Waals surface area contributed by atoms with Crippen LogP contribution in [0.2, 0.25) is 0 Å². The Morgan fingerprint density at radius 2 is 2.00 bits per heavy atom. The molecule has 0 bridgehead atoms. The van der Waals surface area contributed by atoms with Crippen molar-refractivity contribution in [2.24, 2.45) is 0 Å². The molecule has 3 nitrogen and oxygen atoms in total. The Labute approximate surface area is 54.9 Å². The molecule has 0 aromatic heterocycles. The number of rotatable bonds is 3. The molecule has 0 aromatic carbocycles. The van der Waals surface area contributed by atoms with Gasteiger partial charge in [0, 0.05) is 0 Å². The lowest BCUT2D eigenvalue weighted by Gasteiger charge is -2.05. The Kier molecular flexibility index (Phi) is 3.90.